The third kappa shape index (κ3) is 4.41. The minimum Gasteiger partial charge on any atom is -0.356 e. The van der Waals surface area contributed by atoms with Gasteiger partial charge in [-0.15, -0.1) is 0 Å². The van der Waals surface area contributed by atoms with Gasteiger partial charge >= 0.3 is 0 Å². The number of rotatable bonds is 6. The van der Waals surface area contributed by atoms with E-state index in [-0.39, 0.29) is 23.7 Å². The lowest BCUT2D eigenvalue weighted by Gasteiger charge is -2.07. The summed E-state index contributed by atoms with van der Waals surface area (Å²) >= 11 is 0. The van der Waals surface area contributed by atoms with Crippen molar-refractivity contribution in [3.63, 3.8) is 0 Å². The highest BCUT2D eigenvalue weighted by Crippen LogP contribution is 2.13. The van der Waals surface area contributed by atoms with Gasteiger partial charge < -0.3 is 10.3 Å². The van der Waals surface area contributed by atoms with Crippen LogP contribution in [0.25, 0.3) is 10.9 Å². The summed E-state index contributed by atoms with van der Waals surface area (Å²) in [4.78, 5) is 26.3. The highest BCUT2D eigenvalue weighted by molar-refractivity contribution is 5.79. The van der Waals surface area contributed by atoms with Crippen LogP contribution in [0.15, 0.2) is 29.1 Å². The zero-order valence-electron chi connectivity index (χ0n) is 12.9. The molecule has 0 saturated heterocycles. The number of pyridine rings is 1. The number of hydrogen-bond donors (Lipinski definition) is 2. The second kappa shape index (κ2) is 7.20. The summed E-state index contributed by atoms with van der Waals surface area (Å²) in [6.45, 7) is 4.86. The molecule has 0 radical (unpaired) electrons. The Morgan fingerprint density at radius 2 is 2.09 bits per heavy atom. The third-order valence-electron chi connectivity index (χ3n) is 3.55. The fraction of sp³-hybridized carbons (Fsp3) is 0.412. The first-order valence-electron chi connectivity index (χ1n) is 7.54. The largest absolute Gasteiger partial charge is 0.356 e. The Labute approximate surface area is 128 Å². The number of hydrogen-bond acceptors (Lipinski definition) is 2. The number of carbonyl (C=O) groups excluding carboxylic acids is 1. The van der Waals surface area contributed by atoms with Gasteiger partial charge in [-0.05, 0) is 48.4 Å². The van der Waals surface area contributed by atoms with Crippen LogP contribution in [0.3, 0.4) is 0 Å². The maximum atomic E-state index is 13.1. The lowest BCUT2D eigenvalue weighted by Crippen LogP contribution is -2.26. The smallest absolute Gasteiger partial charge is 0.251 e. The van der Waals surface area contributed by atoms with E-state index >= 15 is 0 Å². The van der Waals surface area contributed by atoms with Gasteiger partial charge in [0.1, 0.15) is 5.82 Å². The molecule has 1 amide bonds. The normalized spacial score (nSPS) is 11.1. The molecule has 0 unspecified atom stereocenters. The molecule has 0 fully saturated rings. The molecule has 4 nitrogen and oxygen atoms in total. The molecule has 2 aromatic rings. The molecule has 0 aliphatic heterocycles. The van der Waals surface area contributed by atoms with E-state index in [0.29, 0.717) is 30.0 Å². The maximum Gasteiger partial charge on any atom is 0.251 e. The van der Waals surface area contributed by atoms with Crippen molar-refractivity contribution in [2.75, 3.05) is 6.54 Å². The minimum atomic E-state index is -0.388. The average Bonchev–Trinajstić information content (AvgIpc) is 2.44. The predicted octanol–water partition coefficient (Wildman–Crippen LogP) is 2.76. The van der Waals surface area contributed by atoms with Crippen LogP contribution in [-0.2, 0) is 11.2 Å². The van der Waals surface area contributed by atoms with Crippen molar-refractivity contribution in [1.82, 2.24) is 10.3 Å². The Kier molecular flexibility index (Phi) is 5.31. The number of aryl methyl sites for hydroxylation is 1. The first-order valence-corrected chi connectivity index (χ1v) is 7.54. The van der Waals surface area contributed by atoms with Crippen LogP contribution in [-0.4, -0.2) is 17.4 Å². The van der Waals surface area contributed by atoms with Gasteiger partial charge in [-0.25, -0.2) is 4.39 Å². The van der Waals surface area contributed by atoms with E-state index in [9.17, 15) is 14.0 Å². The Morgan fingerprint density at radius 1 is 1.32 bits per heavy atom. The summed E-state index contributed by atoms with van der Waals surface area (Å²) in [5.41, 5.74) is 0.737. The van der Waals surface area contributed by atoms with Gasteiger partial charge in [-0.1, -0.05) is 13.8 Å². The van der Waals surface area contributed by atoms with Crippen molar-refractivity contribution >= 4 is 16.8 Å². The molecule has 1 aromatic carbocycles. The van der Waals surface area contributed by atoms with Crippen LogP contribution in [0, 0.1) is 11.7 Å². The third-order valence-corrected chi connectivity index (χ3v) is 3.55. The van der Waals surface area contributed by atoms with Gasteiger partial charge in [0.2, 0.25) is 5.91 Å². The van der Waals surface area contributed by atoms with E-state index < -0.39 is 0 Å². The number of aromatic nitrogens is 1. The van der Waals surface area contributed by atoms with Crippen molar-refractivity contribution in [3.05, 3.63) is 46.0 Å². The van der Waals surface area contributed by atoms with Crippen molar-refractivity contribution in [1.29, 1.82) is 0 Å². The van der Waals surface area contributed by atoms with Crippen molar-refractivity contribution in [3.8, 4) is 0 Å². The number of nitrogens with one attached hydrogen (secondary N) is 2. The van der Waals surface area contributed by atoms with Crippen LogP contribution in [0.5, 0.6) is 0 Å². The fourth-order valence-electron chi connectivity index (χ4n) is 2.24. The molecule has 22 heavy (non-hydrogen) atoms. The molecule has 1 aromatic heterocycles. The monoisotopic (exact) mass is 304 g/mol. The Balaban J connectivity index is 1.99. The molecule has 0 spiro atoms. The number of carbonyl (C=O) groups is 1. The van der Waals surface area contributed by atoms with Gasteiger partial charge in [-0.3, -0.25) is 9.59 Å². The zero-order chi connectivity index (χ0) is 16.1. The molecule has 0 atom stereocenters. The van der Waals surface area contributed by atoms with Gasteiger partial charge in [0, 0.05) is 18.5 Å². The SMILES string of the molecule is CC(C)CCNC(=O)CCc1cc2ccc(F)cc2[nH]c1=O. The van der Waals surface area contributed by atoms with Gasteiger partial charge in [0.25, 0.3) is 5.56 Å². The summed E-state index contributed by atoms with van der Waals surface area (Å²) in [5, 5.41) is 3.61. The number of aromatic amines is 1. The van der Waals surface area contributed by atoms with Crippen LogP contribution in [0.4, 0.5) is 4.39 Å². The van der Waals surface area contributed by atoms with Crippen molar-refractivity contribution < 1.29 is 9.18 Å². The van der Waals surface area contributed by atoms with Crippen LogP contribution >= 0.6 is 0 Å². The van der Waals surface area contributed by atoms with E-state index in [1.165, 1.54) is 12.1 Å². The van der Waals surface area contributed by atoms with Gasteiger partial charge in [0.05, 0.1) is 5.52 Å². The van der Waals surface area contributed by atoms with E-state index in [4.69, 9.17) is 0 Å². The van der Waals surface area contributed by atoms with E-state index in [0.717, 1.165) is 11.8 Å². The number of halogens is 1. The van der Waals surface area contributed by atoms with Crippen LogP contribution < -0.4 is 10.9 Å². The molecule has 0 aliphatic carbocycles. The lowest BCUT2D eigenvalue weighted by molar-refractivity contribution is -0.121. The zero-order valence-corrected chi connectivity index (χ0v) is 12.9. The highest BCUT2D eigenvalue weighted by atomic mass is 19.1. The Bertz CT molecular complexity index is 722. The van der Waals surface area contributed by atoms with Crippen LogP contribution in [0.1, 0.15) is 32.3 Å². The molecule has 2 N–H and O–H groups in total. The quantitative estimate of drug-likeness (QED) is 0.862. The Hall–Kier alpha value is -2.17. The molecular formula is C17H21FN2O2. The van der Waals surface area contributed by atoms with Crippen molar-refractivity contribution in [2.45, 2.75) is 33.1 Å². The van der Waals surface area contributed by atoms with Crippen molar-refractivity contribution in [2.24, 2.45) is 5.92 Å². The summed E-state index contributed by atoms with van der Waals surface area (Å²) in [6.07, 6.45) is 1.58. The lowest BCUT2D eigenvalue weighted by atomic mass is 10.1. The number of benzene rings is 1. The summed E-state index contributed by atoms with van der Waals surface area (Å²) < 4.78 is 13.1. The fourth-order valence-corrected chi connectivity index (χ4v) is 2.24. The molecule has 0 saturated carbocycles. The number of fused-ring (bicyclic) bond motifs is 1. The predicted molar refractivity (Wildman–Crippen MR) is 85.3 cm³/mol. The molecule has 5 heteroatoms. The summed E-state index contributed by atoms with van der Waals surface area (Å²) in [7, 11) is 0. The van der Waals surface area contributed by atoms with Gasteiger partial charge in [-0.2, -0.15) is 0 Å². The second-order valence-electron chi connectivity index (χ2n) is 5.89. The maximum absolute atomic E-state index is 13.1. The first-order chi connectivity index (χ1) is 10.5. The van der Waals surface area contributed by atoms with E-state index in [1.54, 1.807) is 12.1 Å². The van der Waals surface area contributed by atoms with Crippen LogP contribution in [0.2, 0.25) is 0 Å². The molecule has 0 bridgehead atoms. The second-order valence-corrected chi connectivity index (χ2v) is 5.89. The molecule has 2 rings (SSSR count). The topological polar surface area (TPSA) is 62.0 Å². The molecule has 0 aliphatic rings. The molecular weight excluding hydrogens is 283 g/mol. The first kappa shape index (κ1) is 16.2. The van der Waals surface area contributed by atoms with E-state index in [1.807, 2.05) is 0 Å². The molecule has 118 valence electrons. The summed E-state index contributed by atoms with van der Waals surface area (Å²) in [5.74, 6) is 0.101. The van der Waals surface area contributed by atoms with Gasteiger partial charge in [0.15, 0.2) is 0 Å². The highest BCUT2D eigenvalue weighted by Gasteiger charge is 2.07. The summed E-state index contributed by atoms with van der Waals surface area (Å²) in [6, 6.07) is 5.98. The molecule has 1 heterocycles. The average molecular weight is 304 g/mol. The Morgan fingerprint density at radius 3 is 2.82 bits per heavy atom. The number of amides is 1. The number of H-pyrrole nitrogens is 1. The minimum absolute atomic E-state index is 0.0562. The van der Waals surface area contributed by atoms with E-state index in [2.05, 4.69) is 24.1 Å². The standard InChI is InChI=1S/C17H21FN2O2/c1-11(2)7-8-19-16(21)6-4-13-9-12-3-5-14(18)10-15(12)20-17(13)22/h3,5,9-11H,4,6-8H2,1-2H3,(H,19,21)(H,20,22).